The van der Waals surface area contributed by atoms with Crippen LogP contribution < -0.4 is 0 Å². The quantitative estimate of drug-likeness (QED) is 0.798. The zero-order valence-corrected chi connectivity index (χ0v) is 17.0. The van der Waals surface area contributed by atoms with E-state index in [4.69, 9.17) is 4.74 Å². The molecule has 5 nitrogen and oxygen atoms in total. The average Bonchev–Trinajstić information content (AvgIpc) is 3.44. The molecule has 1 aromatic carbocycles. The van der Waals surface area contributed by atoms with Crippen LogP contribution in [-0.2, 0) is 16.1 Å². The highest BCUT2D eigenvalue weighted by atomic mass is 16.6. The third-order valence-electron chi connectivity index (χ3n) is 5.17. The van der Waals surface area contributed by atoms with E-state index in [9.17, 15) is 9.59 Å². The van der Waals surface area contributed by atoms with Gasteiger partial charge in [0.25, 0.3) is 0 Å². The van der Waals surface area contributed by atoms with Gasteiger partial charge >= 0.3 is 6.09 Å². The lowest BCUT2D eigenvalue weighted by atomic mass is 9.96. The van der Waals surface area contributed by atoms with Crippen LogP contribution in [-0.4, -0.2) is 46.5 Å². The topological polar surface area (TPSA) is 49.9 Å². The molecule has 1 heterocycles. The van der Waals surface area contributed by atoms with E-state index >= 15 is 0 Å². The summed E-state index contributed by atoms with van der Waals surface area (Å²) in [6.07, 6.45) is 3.55. The largest absolute Gasteiger partial charge is 0.444 e. The van der Waals surface area contributed by atoms with Crippen molar-refractivity contribution in [3.05, 3.63) is 35.4 Å². The lowest BCUT2D eigenvalue weighted by Gasteiger charge is -2.36. The van der Waals surface area contributed by atoms with Crippen LogP contribution in [0.25, 0.3) is 0 Å². The van der Waals surface area contributed by atoms with E-state index in [0.717, 1.165) is 25.7 Å². The van der Waals surface area contributed by atoms with Gasteiger partial charge in [0, 0.05) is 25.7 Å². The molecule has 0 aromatic heterocycles. The molecule has 148 valence electrons. The molecule has 2 amide bonds. The number of carbonyl (C=O) groups excluding carboxylic acids is 2. The molecule has 5 heteroatoms. The van der Waals surface area contributed by atoms with Gasteiger partial charge in [-0.05, 0) is 58.9 Å². The molecule has 1 saturated carbocycles. The Bertz CT molecular complexity index is 674. The Kier molecular flexibility index (Phi) is 5.78. The summed E-state index contributed by atoms with van der Waals surface area (Å²) >= 11 is 0. The van der Waals surface area contributed by atoms with Gasteiger partial charge in [0.05, 0.1) is 5.92 Å². The fourth-order valence-electron chi connectivity index (χ4n) is 3.57. The predicted molar refractivity (Wildman–Crippen MR) is 105 cm³/mol. The number of hydrogen-bond donors (Lipinski definition) is 0. The molecule has 1 aromatic rings. The third-order valence-corrected chi connectivity index (χ3v) is 5.17. The second-order valence-electron chi connectivity index (χ2n) is 8.95. The maximum atomic E-state index is 13.3. The number of hydrogen-bond acceptors (Lipinski definition) is 3. The minimum atomic E-state index is -0.514. The van der Waals surface area contributed by atoms with Gasteiger partial charge in [-0.2, -0.15) is 0 Å². The molecule has 0 bridgehead atoms. The maximum Gasteiger partial charge on any atom is 0.410 e. The number of aryl methyl sites for hydroxylation is 1. The normalized spacial score (nSPS) is 20.3. The number of benzene rings is 1. The molecule has 1 atom stereocenters. The molecule has 0 N–H and O–H groups in total. The molecular weight excluding hydrogens is 340 g/mol. The summed E-state index contributed by atoms with van der Waals surface area (Å²) in [6, 6.07) is 8.75. The molecule has 0 radical (unpaired) electrons. The Hall–Kier alpha value is -2.04. The van der Waals surface area contributed by atoms with Crippen molar-refractivity contribution < 1.29 is 14.3 Å². The lowest BCUT2D eigenvalue weighted by molar-refractivity contribution is -0.138. The monoisotopic (exact) mass is 372 g/mol. The van der Waals surface area contributed by atoms with E-state index in [0.29, 0.717) is 25.7 Å². The van der Waals surface area contributed by atoms with Gasteiger partial charge in [-0.3, -0.25) is 4.79 Å². The number of amides is 2. The summed E-state index contributed by atoms with van der Waals surface area (Å²) in [6.45, 7) is 9.47. The molecule has 1 unspecified atom stereocenters. The summed E-state index contributed by atoms with van der Waals surface area (Å²) in [5, 5.41) is 0. The Labute approximate surface area is 162 Å². The first-order valence-electron chi connectivity index (χ1n) is 10.1. The van der Waals surface area contributed by atoms with Gasteiger partial charge in [-0.15, -0.1) is 0 Å². The van der Waals surface area contributed by atoms with E-state index in [2.05, 4.69) is 31.2 Å². The highest BCUT2D eigenvalue weighted by Crippen LogP contribution is 2.31. The molecule has 1 aliphatic heterocycles. The summed E-state index contributed by atoms with van der Waals surface area (Å²) < 4.78 is 5.49. The second kappa shape index (κ2) is 7.91. The van der Waals surface area contributed by atoms with Crippen LogP contribution in [0.5, 0.6) is 0 Å². The van der Waals surface area contributed by atoms with Crippen molar-refractivity contribution >= 4 is 12.0 Å². The minimum absolute atomic E-state index is 0.127. The molecule has 1 saturated heterocycles. The summed E-state index contributed by atoms with van der Waals surface area (Å²) in [7, 11) is 0. The van der Waals surface area contributed by atoms with Crippen molar-refractivity contribution in [2.45, 2.75) is 71.6 Å². The van der Waals surface area contributed by atoms with Crippen LogP contribution in [0, 0.1) is 12.8 Å². The van der Waals surface area contributed by atoms with Gasteiger partial charge in [0.15, 0.2) is 0 Å². The van der Waals surface area contributed by atoms with Gasteiger partial charge in [-0.25, -0.2) is 4.79 Å². The smallest absolute Gasteiger partial charge is 0.410 e. The summed E-state index contributed by atoms with van der Waals surface area (Å²) in [5.74, 6) is 0.0589. The Balaban J connectivity index is 1.65. The average molecular weight is 373 g/mol. The van der Waals surface area contributed by atoms with Crippen molar-refractivity contribution in [1.29, 1.82) is 0 Å². The van der Waals surface area contributed by atoms with E-state index in [1.54, 1.807) is 4.90 Å². The van der Waals surface area contributed by atoms with E-state index in [1.165, 1.54) is 11.1 Å². The lowest BCUT2D eigenvalue weighted by Crippen LogP contribution is -2.48. The van der Waals surface area contributed by atoms with Gasteiger partial charge in [0.1, 0.15) is 5.60 Å². The number of rotatable bonds is 4. The van der Waals surface area contributed by atoms with E-state index < -0.39 is 5.60 Å². The van der Waals surface area contributed by atoms with Gasteiger partial charge in [0.2, 0.25) is 5.91 Å². The molecule has 1 aliphatic carbocycles. The van der Waals surface area contributed by atoms with Crippen molar-refractivity contribution in [2.75, 3.05) is 13.1 Å². The van der Waals surface area contributed by atoms with Crippen LogP contribution >= 0.6 is 0 Å². The zero-order valence-electron chi connectivity index (χ0n) is 17.0. The predicted octanol–water partition coefficient (Wildman–Crippen LogP) is 4.13. The standard InChI is InChI=1S/C22H32N2O3/c1-16-7-9-17(10-8-16)14-24(19-11-12-19)20(25)18-6-5-13-23(15-18)21(26)27-22(2,3)4/h7-10,18-19H,5-6,11-15H2,1-4H3. The fraction of sp³-hybridized carbons (Fsp3) is 0.636. The molecule has 2 aliphatic rings. The number of ether oxygens (including phenoxy) is 1. The number of nitrogens with zero attached hydrogens (tertiary/aromatic N) is 2. The van der Waals surface area contributed by atoms with Crippen molar-refractivity contribution in [1.82, 2.24) is 9.80 Å². The van der Waals surface area contributed by atoms with E-state index in [-0.39, 0.29) is 17.9 Å². The van der Waals surface area contributed by atoms with Gasteiger partial charge in [-0.1, -0.05) is 29.8 Å². The number of carbonyl (C=O) groups is 2. The molecule has 27 heavy (non-hydrogen) atoms. The summed E-state index contributed by atoms with van der Waals surface area (Å²) in [4.78, 5) is 29.4. The van der Waals surface area contributed by atoms with E-state index in [1.807, 2.05) is 25.7 Å². The highest BCUT2D eigenvalue weighted by Gasteiger charge is 2.38. The van der Waals surface area contributed by atoms with Crippen molar-refractivity contribution in [3.63, 3.8) is 0 Å². The summed E-state index contributed by atoms with van der Waals surface area (Å²) in [5.41, 5.74) is 1.88. The Morgan fingerprint density at radius 2 is 1.81 bits per heavy atom. The zero-order chi connectivity index (χ0) is 19.6. The molecule has 2 fully saturated rings. The minimum Gasteiger partial charge on any atom is -0.444 e. The first-order valence-corrected chi connectivity index (χ1v) is 10.1. The van der Waals surface area contributed by atoms with Gasteiger partial charge < -0.3 is 14.5 Å². The molecule has 3 rings (SSSR count). The Morgan fingerprint density at radius 1 is 1.15 bits per heavy atom. The Morgan fingerprint density at radius 3 is 2.41 bits per heavy atom. The SMILES string of the molecule is Cc1ccc(CN(C(=O)C2CCCN(C(=O)OC(C)(C)C)C2)C2CC2)cc1. The first-order chi connectivity index (χ1) is 12.7. The molecular formula is C22H32N2O3. The third kappa shape index (κ3) is 5.47. The maximum absolute atomic E-state index is 13.3. The van der Waals surface area contributed by atoms with Crippen LogP contribution in [0.4, 0.5) is 4.79 Å². The number of likely N-dealkylation sites (tertiary alicyclic amines) is 1. The fourth-order valence-corrected chi connectivity index (χ4v) is 3.57. The van der Waals surface area contributed by atoms with Crippen LogP contribution in [0.1, 0.15) is 57.6 Å². The first kappa shape index (κ1) is 19.7. The molecule has 0 spiro atoms. The van der Waals surface area contributed by atoms with Crippen molar-refractivity contribution in [2.24, 2.45) is 5.92 Å². The van der Waals surface area contributed by atoms with Crippen molar-refractivity contribution in [3.8, 4) is 0 Å². The second-order valence-corrected chi connectivity index (χ2v) is 8.95. The number of piperidine rings is 1. The van der Waals surface area contributed by atoms with Crippen LogP contribution in [0.2, 0.25) is 0 Å². The van der Waals surface area contributed by atoms with Crippen LogP contribution in [0.15, 0.2) is 24.3 Å². The van der Waals surface area contributed by atoms with Crippen LogP contribution in [0.3, 0.4) is 0 Å². The highest BCUT2D eigenvalue weighted by molar-refractivity contribution is 5.80.